The Kier molecular flexibility index (Phi) is 4.59. The van der Waals surface area contributed by atoms with Crippen molar-refractivity contribution < 1.29 is 24.5 Å². The molecule has 5 N–H and O–H groups in total. The van der Waals surface area contributed by atoms with E-state index in [9.17, 15) is 24.6 Å². The molecule has 0 fully saturated rings. The molecule has 0 saturated carbocycles. The van der Waals surface area contributed by atoms with Crippen molar-refractivity contribution in [3.63, 3.8) is 0 Å². The van der Waals surface area contributed by atoms with Crippen LogP contribution in [0, 0.1) is 6.92 Å². The Morgan fingerprint density at radius 3 is 2.38 bits per heavy atom. The first-order valence-electron chi connectivity index (χ1n) is 7.04. The van der Waals surface area contributed by atoms with Crippen molar-refractivity contribution in [1.29, 1.82) is 0 Å². The van der Waals surface area contributed by atoms with Crippen LogP contribution in [0.4, 0.5) is 5.82 Å². The van der Waals surface area contributed by atoms with Crippen LogP contribution in [0.1, 0.15) is 33.2 Å². The summed E-state index contributed by atoms with van der Waals surface area (Å²) in [5, 5.41) is 18.8. The second-order valence-electron chi connectivity index (χ2n) is 5.02. The number of carboxylic acids is 2. The van der Waals surface area contributed by atoms with E-state index in [0.717, 1.165) is 5.56 Å². The summed E-state index contributed by atoms with van der Waals surface area (Å²) in [5.74, 6) is -2.94. The zero-order valence-corrected chi connectivity index (χ0v) is 13.0. The van der Waals surface area contributed by atoms with Crippen molar-refractivity contribution in [2.45, 2.75) is 13.8 Å². The van der Waals surface area contributed by atoms with E-state index in [-0.39, 0.29) is 11.1 Å². The monoisotopic (exact) mass is 332 g/mol. The van der Waals surface area contributed by atoms with E-state index in [2.05, 4.69) is 4.98 Å². The maximum Gasteiger partial charge on any atom is 0.342 e. The number of anilines is 1. The fourth-order valence-corrected chi connectivity index (χ4v) is 2.40. The Bertz CT molecular complexity index is 885. The Labute approximate surface area is 136 Å². The molecule has 8 heteroatoms. The maximum atomic E-state index is 12.0. The molecule has 1 heterocycles. The number of aromatic carboxylic acids is 2. The molecule has 0 bridgehead atoms. The lowest BCUT2D eigenvalue weighted by atomic mass is 9.94. The zero-order valence-electron chi connectivity index (χ0n) is 13.0. The lowest BCUT2D eigenvalue weighted by molar-refractivity contribution is 0.0695. The van der Waals surface area contributed by atoms with E-state index in [0.29, 0.717) is 12.4 Å². The van der Waals surface area contributed by atoms with E-state index in [4.69, 9.17) is 10.5 Å². The maximum absolute atomic E-state index is 12.0. The smallest absolute Gasteiger partial charge is 0.342 e. The summed E-state index contributed by atoms with van der Waals surface area (Å²) in [5.41, 5.74) is 4.21. The fraction of sp³-hybridized carbons (Fsp3) is 0.188. The number of benzene rings is 1. The summed E-state index contributed by atoms with van der Waals surface area (Å²) in [6.45, 7) is 3.94. The second-order valence-corrected chi connectivity index (χ2v) is 5.02. The summed E-state index contributed by atoms with van der Waals surface area (Å²) in [6.07, 6.45) is 0. The molecule has 0 saturated heterocycles. The summed E-state index contributed by atoms with van der Waals surface area (Å²) >= 11 is 0. The molecule has 0 aliphatic rings. The molecule has 1 aromatic heterocycles. The number of aromatic nitrogens is 1. The highest BCUT2D eigenvalue weighted by Gasteiger charge is 2.26. The molecule has 8 nitrogen and oxygen atoms in total. The van der Waals surface area contributed by atoms with Gasteiger partial charge in [-0.05, 0) is 31.0 Å². The molecule has 0 aliphatic heterocycles. The van der Waals surface area contributed by atoms with Crippen LogP contribution in [0.25, 0.3) is 11.1 Å². The van der Waals surface area contributed by atoms with Gasteiger partial charge >= 0.3 is 11.9 Å². The highest BCUT2D eigenvalue weighted by molar-refractivity contribution is 6.07. The number of carboxylic acid groups (broad SMARTS) is 2. The molecule has 0 unspecified atom stereocenters. The van der Waals surface area contributed by atoms with Gasteiger partial charge in [0, 0.05) is 5.56 Å². The fourth-order valence-electron chi connectivity index (χ4n) is 2.40. The van der Waals surface area contributed by atoms with E-state index < -0.39 is 34.4 Å². The predicted molar refractivity (Wildman–Crippen MR) is 86.7 cm³/mol. The van der Waals surface area contributed by atoms with Gasteiger partial charge in [-0.2, -0.15) is 0 Å². The van der Waals surface area contributed by atoms with E-state index >= 15 is 0 Å². The topological polar surface area (TPSA) is 143 Å². The first kappa shape index (κ1) is 17.1. The van der Waals surface area contributed by atoms with Crippen LogP contribution in [-0.2, 0) is 0 Å². The van der Waals surface area contributed by atoms with Gasteiger partial charge < -0.3 is 25.7 Å². The Morgan fingerprint density at radius 1 is 1.21 bits per heavy atom. The van der Waals surface area contributed by atoms with Crippen molar-refractivity contribution >= 4 is 17.8 Å². The minimum Gasteiger partial charge on any atom is -0.494 e. The van der Waals surface area contributed by atoms with Crippen molar-refractivity contribution in [3.05, 3.63) is 45.2 Å². The third kappa shape index (κ3) is 2.94. The SMILES string of the molecule is CCOc1cc(-c2c(C(=O)O)c(N)[nH]c(=O)c2C(=O)O)ccc1C. The van der Waals surface area contributed by atoms with Gasteiger partial charge in [-0.15, -0.1) is 0 Å². The average Bonchev–Trinajstić information content (AvgIpc) is 2.48. The molecule has 2 aromatic rings. The zero-order chi connectivity index (χ0) is 18.0. The second kappa shape index (κ2) is 6.45. The summed E-state index contributed by atoms with van der Waals surface area (Å²) in [7, 11) is 0. The Morgan fingerprint density at radius 2 is 1.83 bits per heavy atom. The quantitative estimate of drug-likeness (QED) is 0.653. The molecule has 0 atom stereocenters. The van der Waals surface area contributed by atoms with Gasteiger partial charge in [0.25, 0.3) is 5.56 Å². The van der Waals surface area contributed by atoms with Gasteiger partial charge in [0.1, 0.15) is 22.7 Å². The third-order valence-corrected chi connectivity index (χ3v) is 3.45. The number of nitrogen functional groups attached to an aromatic ring is 1. The van der Waals surface area contributed by atoms with Crippen LogP contribution < -0.4 is 16.0 Å². The van der Waals surface area contributed by atoms with Gasteiger partial charge in [0.15, 0.2) is 0 Å². The highest BCUT2D eigenvalue weighted by Crippen LogP contribution is 2.32. The Hall–Kier alpha value is -3.29. The van der Waals surface area contributed by atoms with Crippen LogP contribution in [0.3, 0.4) is 0 Å². The number of nitrogens with one attached hydrogen (secondary N) is 1. The lowest BCUT2D eigenvalue weighted by Crippen LogP contribution is -2.24. The van der Waals surface area contributed by atoms with E-state index in [1.807, 2.05) is 0 Å². The third-order valence-electron chi connectivity index (χ3n) is 3.45. The first-order chi connectivity index (χ1) is 11.3. The number of carbonyl (C=O) groups is 2. The van der Waals surface area contributed by atoms with Gasteiger partial charge in [-0.3, -0.25) is 4.79 Å². The number of aromatic amines is 1. The average molecular weight is 332 g/mol. The number of hydrogen-bond acceptors (Lipinski definition) is 5. The van der Waals surface area contributed by atoms with Crippen molar-refractivity contribution in [3.8, 4) is 16.9 Å². The van der Waals surface area contributed by atoms with Crippen molar-refractivity contribution in [1.82, 2.24) is 4.98 Å². The van der Waals surface area contributed by atoms with Crippen LogP contribution in [0.5, 0.6) is 5.75 Å². The van der Waals surface area contributed by atoms with Crippen LogP contribution in [-0.4, -0.2) is 33.7 Å². The molecule has 0 aliphatic carbocycles. The van der Waals surface area contributed by atoms with Gasteiger partial charge in [-0.25, -0.2) is 9.59 Å². The largest absolute Gasteiger partial charge is 0.494 e. The summed E-state index contributed by atoms with van der Waals surface area (Å²) in [4.78, 5) is 37.1. The summed E-state index contributed by atoms with van der Waals surface area (Å²) in [6, 6.07) is 4.66. The standard InChI is InChI=1S/C16H16N2O6/c1-3-24-9-6-8(5-4-7(9)2)10-11(15(20)21)13(17)18-14(19)12(10)16(22)23/h4-6H,3H2,1-2H3,(H,20,21)(H,22,23)(H3,17,18,19). The molecular formula is C16H16N2O6. The van der Waals surface area contributed by atoms with Gasteiger partial charge in [0.05, 0.1) is 6.61 Å². The number of pyridine rings is 1. The normalized spacial score (nSPS) is 10.4. The molecule has 126 valence electrons. The van der Waals surface area contributed by atoms with Gasteiger partial charge in [0.2, 0.25) is 0 Å². The minimum atomic E-state index is -1.55. The number of H-pyrrole nitrogens is 1. The molecule has 1 aromatic carbocycles. The molecule has 0 amide bonds. The molecule has 24 heavy (non-hydrogen) atoms. The van der Waals surface area contributed by atoms with Crippen LogP contribution in [0.15, 0.2) is 23.0 Å². The number of ether oxygens (including phenoxy) is 1. The molecule has 0 spiro atoms. The van der Waals surface area contributed by atoms with Crippen molar-refractivity contribution in [2.75, 3.05) is 12.3 Å². The van der Waals surface area contributed by atoms with Gasteiger partial charge in [-0.1, -0.05) is 12.1 Å². The number of rotatable bonds is 5. The van der Waals surface area contributed by atoms with E-state index in [1.165, 1.54) is 12.1 Å². The Balaban J connectivity index is 2.91. The first-order valence-corrected chi connectivity index (χ1v) is 7.04. The number of nitrogens with two attached hydrogens (primary N) is 1. The van der Waals surface area contributed by atoms with Crippen LogP contribution >= 0.6 is 0 Å². The number of aryl methyl sites for hydroxylation is 1. The minimum absolute atomic E-state index is 0.219. The van der Waals surface area contributed by atoms with Crippen molar-refractivity contribution in [2.24, 2.45) is 0 Å². The summed E-state index contributed by atoms with van der Waals surface area (Å²) < 4.78 is 5.45. The lowest BCUT2D eigenvalue weighted by Gasteiger charge is -2.14. The number of hydrogen-bond donors (Lipinski definition) is 4. The van der Waals surface area contributed by atoms with E-state index in [1.54, 1.807) is 19.9 Å². The molecular weight excluding hydrogens is 316 g/mol. The predicted octanol–water partition coefficient (Wildman–Crippen LogP) is 1.73. The van der Waals surface area contributed by atoms with Crippen LogP contribution in [0.2, 0.25) is 0 Å². The molecule has 2 rings (SSSR count). The highest BCUT2D eigenvalue weighted by atomic mass is 16.5. The molecule has 0 radical (unpaired) electrons.